The van der Waals surface area contributed by atoms with Gasteiger partial charge in [-0.1, -0.05) is 18.2 Å². The molecule has 0 bridgehead atoms. The molecule has 0 atom stereocenters. The number of benzene rings is 4. The van der Waals surface area contributed by atoms with Gasteiger partial charge in [0.15, 0.2) is 0 Å². The van der Waals surface area contributed by atoms with Gasteiger partial charge in [-0.15, -0.1) is 0 Å². The molecule has 0 aliphatic heterocycles. The van der Waals surface area contributed by atoms with Crippen molar-refractivity contribution in [2.75, 3.05) is 13.7 Å². The molecule has 6 nitrogen and oxygen atoms in total. The molecule has 2 N–H and O–H groups in total. The third-order valence-electron chi connectivity index (χ3n) is 6.10. The Bertz CT molecular complexity index is 1430. The van der Waals surface area contributed by atoms with Gasteiger partial charge in [0.1, 0.15) is 10.6 Å². The largest absolute Gasteiger partial charge is 0.493 e. The van der Waals surface area contributed by atoms with Crippen LogP contribution < -0.4 is 10.1 Å². The Morgan fingerprint density at radius 3 is 2.16 bits per heavy atom. The highest BCUT2D eigenvalue weighted by atomic mass is 32.2. The summed E-state index contributed by atoms with van der Waals surface area (Å²) in [6, 6.07) is 11.2. The van der Waals surface area contributed by atoms with E-state index in [1.165, 1.54) is 6.07 Å². The molecule has 0 saturated carbocycles. The van der Waals surface area contributed by atoms with E-state index >= 15 is 0 Å². The SMILES string of the molecule is CNC(=O)CCCCCOc1cc(C)c2ccc3c(C)cc(S(=O)(=O)O)c4ccc1c2c34. The topological polar surface area (TPSA) is 92.7 Å². The zero-order valence-electron chi connectivity index (χ0n) is 18.5. The molecule has 4 rings (SSSR count). The average molecular weight is 454 g/mol. The zero-order valence-corrected chi connectivity index (χ0v) is 19.3. The van der Waals surface area contributed by atoms with Gasteiger partial charge >= 0.3 is 0 Å². The van der Waals surface area contributed by atoms with E-state index in [1.807, 2.05) is 32.0 Å². The number of carbonyl (C=O) groups excluding carboxylic acids is 1. The van der Waals surface area contributed by atoms with Crippen molar-refractivity contribution in [3.8, 4) is 5.75 Å². The number of hydrogen-bond donors (Lipinski definition) is 2. The highest BCUT2D eigenvalue weighted by Gasteiger charge is 2.21. The van der Waals surface area contributed by atoms with Crippen molar-refractivity contribution in [1.29, 1.82) is 0 Å². The Morgan fingerprint density at radius 2 is 1.50 bits per heavy atom. The predicted octanol–water partition coefficient (Wildman–Crippen LogP) is 5.13. The van der Waals surface area contributed by atoms with Crippen molar-refractivity contribution < 1.29 is 22.5 Å². The Morgan fingerprint density at radius 1 is 0.906 bits per heavy atom. The lowest BCUT2D eigenvalue weighted by atomic mass is 9.90. The van der Waals surface area contributed by atoms with Crippen LogP contribution in [-0.2, 0) is 14.9 Å². The first kappa shape index (κ1) is 22.3. The second-order valence-electron chi connectivity index (χ2n) is 8.26. The van der Waals surface area contributed by atoms with Crippen LogP contribution in [0.2, 0.25) is 0 Å². The fraction of sp³-hybridized carbons (Fsp3) is 0.320. The van der Waals surface area contributed by atoms with Crippen LogP contribution in [0.3, 0.4) is 0 Å². The molecule has 4 aromatic carbocycles. The fourth-order valence-corrected chi connectivity index (χ4v) is 5.25. The highest BCUT2D eigenvalue weighted by molar-refractivity contribution is 7.86. The van der Waals surface area contributed by atoms with Crippen LogP contribution in [0.15, 0.2) is 41.3 Å². The molecular formula is C25H27NO5S. The summed E-state index contributed by atoms with van der Waals surface area (Å²) >= 11 is 0. The van der Waals surface area contributed by atoms with Crippen molar-refractivity contribution in [3.05, 3.63) is 47.5 Å². The molecule has 0 fully saturated rings. The van der Waals surface area contributed by atoms with E-state index < -0.39 is 10.1 Å². The molecule has 168 valence electrons. The fourth-order valence-electron chi connectivity index (χ4n) is 4.47. The lowest BCUT2D eigenvalue weighted by molar-refractivity contribution is -0.120. The number of nitrogens with one attached hydrogen (secondary N) is 1. The van der Waals surface area contributed by atoms with Gasteiger partial charge in [-0.2, -0.15) is 8.42 Å². The van der Waals surface area contributed by atoms with Gasteiger partial charge < -0.3 is 10.1 Å². The summed E-state index contributed by atoms with van der Waals surface area (Å²) in [7, 11) is -2.72. The lowest BCUT2D eigenvalue weighted by Gasteiger charge is -2.18. The number of amides is 1. The molecule has 0 spiro atoms. The van der Waals surface area contributed by atoms with Crippen molar-refractivity contribution in [2.45, 2.75) is 44.4 Å². The van der Waals surface area contributed by atoms with Gasteiger partial charge in [0.05, 0.1) is 6.61 Å². The van der Waals surface area contributed by atoms with E-state index in [2.05, 4.69) is 11.4 Å². The predicted molar refractivity (Wildman–Crippen MR) is 127 cm³/mol. The molecule has 32 heavy (non-hydrogen) atoms. The highest BCUT2D eigenvalue weighted by Crippen LogP contribution is 2.43. The summed E-state index contributed by atoms with van der Waals surface area (Å²) in [5.74, 6) is 0.804. The van der Waals surface area contributed by atoms with Crippen molar-refractivity contribution >= 4 is 48.3 Å². The van der Waals surface area contributed by atoms with Crippen LogP contribution >= 0.6 is 0 Å². The van der Waals surface area contributed by atoms with Crippen LogP contribution in [0.25, 0.3) is 32.3 Å². The number of unbranched alkanes of at least 4 members (excludes halogenated alkanes) is 2. The average Bonchev–Trinajstić information content (AvgIpc) is 2.75. The number of rotatable bonds is 8. The van der Waals surface area contributed by atoms with Gasteiger partial charge in [-0.3, -0.25) is 9.35 Å². The minimum Gasteiger partial charge on any atom is -0.493 e. The quantitative estimate of drug-likeness (QED) is 0.219. The van der Waals surface area contributed by atoms with E-state index in [9.17, 15) is 17.8 Å². The summed E-state index contributed by atoms with van der Waals surface area (Å²) in [6.45, 7) is 4.40. The van der Waals surface area contributed by atoms with Crippen LogP contribution in [0.5, 0.6) is 5.75 Å². The lowest BCUT2D eigenvalue weighted by Crippen LogP contribution is -2.16. The molecule has 0 unspecified atom stereocenters. The summed E-state index contributed by atoms with van der Waals surface area (Å²) in [4.78, 5) is 11.3. The van der Waals surface area contributed by atoms with E-state index in [0.29, 0.717) is 18.4 Å². The monoisotopic (exact) mass is 453 g/mol. The Kier molecular flexibility index (Phi) is 5.97. The van der Waals surface area contributed by atoms with Gasteiger partial charge in [0.25, 0.3) is 10.1 Å². The Balaban J connectivity index is 1.75. The molecule has 0 heterocycles. The maximum Gasteiger partial charge on any atom is 0.295 e. The van der Waals surface area contributed by atoms with E-state index in [1.54, 1.807) is 13.1 Å². The van der Waals surface area contributed by atoms with Crippen LogP contribution in [-0.4, -0.2) is 32.5 Å². The minimum atomic E-state index is -4.36. The molecule has 1 amide bonds. The smallest absolute Gasteiger partial charge is 0.295 e. The van der Waals surface area contributed by atoms with Crippen LogP contribution in [0.4, 0.5) is 0 Å². The first-order chi connectivity index (χ1) is 15.2. The van der Waals surface area contributed by atoms with Crippen LogP contribution in [0.1, 0.15) is 36.8 Å². The maximum absolute atomic E-state index is 12.1. The number of hydrogen-bond acceptors (Lipinski definition) is 4. The summed E-state index contributed by atoms with van der Waals surface area (Å²) < 4.78 is 40.1. The Hall–Kier alpha value is -2.90. The van der Waals surface area contributed by atoms with Crippen molar-refractivity contribution in [3.63, 3.8) is 0 Å². The van der Waals surface area contributed by atoms with Gasteiger partial charge in [-0.25, -0.2) is 0 Å². The Labute approximate surface area is 187 Å². The first-order valence-corrected chi connectivity index (χ1v) is 12.2. The van der Waals surface area contributed by atoms with Gasteiger partial charge in [0.2, 0.25) is 5.91 Å². The summed E-state index contributed by atoms with van der Waals surface area (Å²) in [5.41, 5.74) is 1.83. The van der Waals surface area contributed by atoms with E-state index in [4.69, 9.17) is 4.74 Å². The first-order valence-electron chi connectivity index (χ1n) is 10.7. The molecule has 0 saturated heterocycles. The van der Waals surface area contributed by atoms with Gasteiger partial charge in [0, 0.05) is 29.6 Å². The van der Waals surface area contributed by atoms with E-state index in [-0.39, 0.29) is 10.8 Å². The molecule has 4 aromatic rings. The molecular weight excluding hydrogens is 426 g/mol. The zero-order chi connectivity index (χ0) is 23.0. The number of ether oxygens (including phenoxy) is 1. The summed E-state index contributed by atoms with van der Waals surface area (Å²) in [5, 5.41) is 7.81. The van der Waals surface area contributed by atoms with Crippen LogP contribution in [0, 0.1) is 13.8 Å². The third-order valence-corrected chi connectivity index (χ3v) is 6.99. The molecule has 7 heteroatoms. The normalized spacial score (nSPS) is 12.1. The number of aryl methyl sites for hydroxylation is 2. The summed E-state index contributed by atoms with van der Waals surface area (Å²) in [6.07, 6.45) is 3.07. The second-order valence-corrected chi connectivity index (χ2v) is 9.65. The maximum atomic E-state index is 12.1. The molecule has 0 aliphatic rings. The van der Waals surface area contributed by atoms with E-state index in [0.717, 1.165) is 63.1 Å². The van der Waals surface area contributed by atoms with Crippen molar-refractivity contribution in [2.24, 2.45) is 0 Å². The minimum absolute atomic E-state index is 0.0490. The number of carbonyl (C=O) groups is 1. The molecule has 0 radical (unpaired) electrons. The standard InChI is InChI=1S/C25H27NO5S/c1-15-13-21(31-12-6-4-5-7-23(27)26-3)19-10-11-20-22(32(28,29)30)14-16(2)18-9-8-17(15)24(19)25(18)20/h8-11,13-14H,4-7,12H2,1-3H3,(H,26,27)(H,28,29,30). The third kappa shape index (κ3) is 3.98. The molecule has 0 aliphatic carbocycles. The second kappa shape index (κ2) is 8.56. The molecule has 0 aromatic heterocycles. The van der Waals surface area contributed by atoms with Gasteiger partial charge in [-0.05, 0) is 78.6 Å². The van der Waals surface area contributed by atoms with Crippen molar-refractivity contribution in [1.82, 2.24) is 5.32 Å².